The van der Waals surface area contributed by atoms with Gasteiger partial charge in [0.25, 0.3) is 11.8 Å². The molecule has 0 aromatic heterocycles. The first-order valence-corrected chi connectivity index (χ1v) is 10.2. The number of likely N-dealkylation sites (N-methyl/N-ethyl adjacent to an activating group) is 1. The highest BCUT2D eigenvalue weighted by atomic mass is 16.5. The van der Waals surface area contributed by atoms with Gasteiger partial charge in [-0.15, -0.1) is 0 Å². The van der Waals surface area contributed by atoms with Crippen LogP contribution in [-0.4, -0.2) is 51.3 Å². The molecule has 2 aromatic rings. The molecule has 0 saturated heterocycles. The fourth-order valence-electron chi connectivity index (χ4n) is 3.10. The van der Waals surface area contributed by atoms with Crippen LogP contribution in [0.1, 0.15) is 31.0 Å². The van der Waals surface area contributed by atoms with Gasteiger partial charge in [0.05, 0.1) is 26.3 Å². The van der Waals surface area contributed by atoms with E-state index in [1.807, 2.05) is 61.5 Å². The molecule has 2 aromatic carbocycles. The number of rotatable bonds is 10. The number of amides is 3. The number of carbonyl (C=O) groups excluding carboxylic acids is 3. The van der Waals surface area contributed by atoms with Crippen LogP contribution in [0.5, 0.6) is 5.75 Å². The van der Waals surface area contributed by atoms with E-state index in [9.17, 15) is 14.4 Å². The molecule has 1 unspecified atom stereocenters. The molecule has 8 heteroatoms. The Labute approximate surface area is 182 Å². The van der Waals surface area contributed by atoms with Crippen molar-refractivity contribution in [3.8, 4) is 5.75 Å². The number of carbonyl (C=O) groups is 3. The fourth-order valence-corrected chi connectivity index (χ4v) is 3.10. The van der Waals surface area contributed by atoms with Crippen LogP contribution in [-0.2, 0) is 14.3 Å². The lowest BCUT2D eigenvalue weighted by molar-refractivity contribution is -0.881. The molecule has 0 fully saturated rings. The summed E-state index contributed by atoms with van der Waals surface area (Å²) >= 11 is 0. The van der Waals surface area contributed by atoms with Gasteiger partial charge >= 0.3 is 6.09 Å². The van der Waals surface area contributed by atoms with E-state index in [-0.39, 0.29) is 31.6 Å². The zero-order valence-corrected chi connectivity index (χ0v) is 18.1. The van der Waals surface area contributed by atoms with Gasteiger partial charge in [0, 0.05) is 0 Å². The summed E-state index contributed by atoms with van der Waals surface area (Å²) in [4.78, 5) is 37.0. The highest BCUT2D eigenvalue weighted by Gasteiger charge is 2.22. The van der Waals surface area contributed by atoms with Crippen molar-refractivity contribution in [3.05, 3.63) is 65.7 Å². The van der Waals surface area contributed by atoms with Gasteiger partial charge in [-0.25, -0.2) is 4.79 Å². The maximum atomic E-state index is 12.8. The molecule has 3 amide bonds. The van der Waals surface area contributed by atoms with Gasteiger partial charge in [-0.1, -0.05) is 42.5 Å². The molecule has 8 nitrogen and oxygen atoms in total. The minimum Gasteiger partial charge on any atom is -0.497 e. The lowest BCUT2D eigenvalue weighted by Gasteiger charge is -2.22. The lowest BCUT2D eigenvalue weighted by atomic mass is 9.98. The third-order valence-electron chi connectivity index (χ3n) is 4.73. The van der Waals surface area contributed by atoms with Crippen LogP contribution in [0.2, 0.25) is 0 Å². The van der Waals surface area contributed by atoms with Crippen molar-refractivity contribution in [2.75, 3.05) is 33.4 Å². The Bertz CT molecular complexity index is 855. The molecule has 0 spiro atoms. The first kappa shape index (κ1) is 23.9. The summed E-state index contributed by atoms with van der Waals surface area (Å²) in [5.74, 6) is 0.0411. The predicted octanol–water partition coefficient (Wildman–Crippen LogP) is 1.08. The van der Waals surface area contributed by atoms with Gasteiger partial charge in [-0.2, -0.15) is 0 Å². The molecule has 0 radical (unpaired) electrons. The number of methoxy groups -OCH3 is 1. The van der Waals surface area contributed by atoms with Crippen LogP contribution in [0, 0.1) is 0 Å². The molecule has 166 valence electrons. The highest BCUT2D eigenvalue weighted by molar-refractivity contribution is 5.92. The van der Waals surface area contributed by atoms with E-state index in [4.69, 9.17) is 9.47 Å². The van der Waals surface area contributed by atoms with Crippen molar-refractivity contribution in [2.45, 2.75) is 19.9 Å². The second-order valence-electron chi connectivity index (χ2n) is 6.91. The van der Waals surface area contributed by atoms with E-state index in [0.717, 1.165) is 21.8 Å². The summed E-state index contributed by atoms with van der Waals surface area (Å²) < 4.78 is 9.93. The monoisotopic (exact) mass is 428 g/mol. The molecule has 2 rings (SSSR count). The van der Waals surface area contributed by atoms with Crippen molar-refractivity contribution in [2.24, 2.45) is 0 Å². The van der Waals surface area contributed by atoms with Crippen molar-refractivity contribution < 1.29 is 28.8 Å². The summed E-state index contributed by atoms with van der Waals surface area (Å²) in [5.41, 5.74) is 1.86. The van der Waals surface area contributed by atoms with E-state index in [1.54, 1.807) is 14.0 Å². The SMILES string of the molecule is CCOC(=O)NC(=O)C[NH+](CC)CC(=O)N[C@@H](c1ccccc1)c1ccc(OC)cc1. The number of nitrogens with one attached hydrogen (secondary N) is 3. The van der Waals surface area contributed by atoms with E-state index in [0.29, 0.717) is 6.54 Å². The standard InChI is InChI=1S/C23H29N3O5/c1-4-26(16-21(28)25-23(29)31-5-2)15-20(27)24-22(17-9-7-6-8-10-17)18-11-13-19(30-3)14-12-18/h6-14,22H,4-5,15-16H2,1-3H3,(H,24,27)(H,25,28,29)/p+1/t22-/m0/s1. The van der Waals surface area contributed by atoms with Gasteiger partial charge < -0.3 is 19.7 Å². The van der Waals surface area contributed by atoms with Crippen LogP contribution in [0.25, 0.3) is 0 Å². The zero-order valence-electron chi connectivity index (χ0n) is 18.1. The minimum atomic E-state index is -0.781. The largest absolute Gasteiger partial charge is 0.497 e. The molecule has 2 atom stereocenters. The average molecular weight is 429 g/mol. The quantitative estimate of drug-likeness (QED) is 0.526. The van der Waals surface area contributed by atoms with E-state index in [1.165, 1.54) is 0 Å². The summed E-state index contributed by atoms with van der Waals surface area (Å²) in [6.45, 7) is 4.33. The average Bonchev–Trinajstić information content (AvgIpc) is 2.77. The topological polar surface area (TPSA) is 98.2 Å². The number of benzene rings is 2. The second-order valence-corrected chi connectivity index (χ2v) is 6.91. The number of quaternary nitrogens is 1. The van der Waals surface area contributed by atoms with Gasteiger partial charge in [0.2, 0.25) is 0 Å². The smallest absolute Gasteiger partial charge is 0.414 e. The third kappa shape index (κ3) is 7.75. The van der Waals surface area contributed by atoms with Crippen molar-refractivity contribution in [1.82, 2.24) is 10.6 Å². The minimum absolute atomic E-state index is 0.0126. The Morgan fingerprint density at radius 3 is 2.10 bits per heavy atom. The summed E-state index contributed by atoms with van der Waals surface area (Å²) in [5, 5.41) is 5.22. The molecule has 3 N–H and O–H groups in total. The molecule has 0 aliphatic rings. The van der Waals surface area contributed by atoms with Crippen LogP contribution in [0.4, 0.5) is 4.79 Å². The normalized spacial score (nSPS) is 12.4. The Morgan fingerprint density at radius 2 is 1.52 bits per heavy atom. The van der Waals surface area contributed by atoms with Crippen molar-refractivity contribution in [3.63, 3.8) is 0 Å². The molecule has 0 bridgehead atoms. The number of hydrogen-bond donors (Lipinski definition) is 3. The van der Waals surface area contributed by atoms with Gasteiger partial charge in [0.1, 0.15) is 5.75 Å². The first-order valence-electron chi connectivity index (χ1n) is 10.2. The number of hydrogen-bond acceptors (Lipinski definition) is 5. The Hall–Kier alpha value is -3.39. The van der Waals surface area contributed by atoms with Crippen LogP contribution >= 0.6 is 0 Å². The van der Waals surface area contributed by atoms with E-state index in [2.05, 4.69) is 10.6 Å². The molecule has 0 aliphatic heterocycles. The summed E-state index contributed by atoms with van der Waals surface area (Å²) in [6.07, 6.45) is -0.781. The second kappa shape index (κ2) is 12.3. The van der Waals surface area contributed by atoms with Crippen LogP contribution < -0.4 is 20.3 Å². The maximum absolute atomic E-state index is 12.8. The summed E-state index contributed by atoms with van der Waals surface area (Å²) in [6, 6.07) is 16.8. The molecule has 31 heavy (non-hydrogen) atoms. The first-order chi connectivity index (χ1) is 15.0. The molecular weight excluding hydrogens is 398 g/mol. The molecule has 0 saturated carbocycles. The van der Waals surface area contributed by atoms with Crippen molar-refractivity contribution in [1.29, 1.82) is 0 Å². The van der Waals surface area contributed by atoms with Crippen LogP contribution in [0.3, 0.4) is 0 Å². The fraction of sp³-hybridized carbons (Fsp3) is 0.348. The third-order valence-corrected chi connectivity index (χ3v) is 4.73. The Kier molecular flexibility index (Phi) is 9.51. The Balaban J connectivity index is 2.06. The van der Waals surface area contributed by atoms with Gasteiger partial charge in [0.15, 0.2) is 13.1 Å². The molecular formula is C23H30N3O5+. The number of alkyl carbamates (subject to hydrolysis) is 1. The number of imide groups is 1. The number of ether oxygens (including phenoxy) is 2. The maximum Gasteiger partial charge on any atom is 0.414 e. The summed E-state index contributed by atoms with van der Waals surface area (Å²) in [7, 11) is 1.60. The van der Waals surface area contributed by atoms with Gasteiger partial charge in [-0.3, -0.25) is 14.9 Å². The van der Waals surface area contributed by atoms with Crippen LogP contribution in [0.15, 0.2) is 54.6 Å². The highest BCUT2D eigenvalue weighted by Crippen LogP contribution is 2.24. The predicted molar refractivity (Wildman–Crippen MR) is 116 cm³/mol. The van der Waals surface area contributed by atoms with Crippen molar-refractivity contribution >= 4 is 17.9 Å². The molecule has 0 aliphatic carbocycles. The zero-order chi connectivity index (χ0) is 22.6. The van der Waals surface area contributed by atoms with Gasteiger partial charge in [-0.05, 0) is 37.1 Å². The van der Waals surface area contributed by atoms with E-state index < -0.39 is 12.0 Å². The van der Waals surface area contributed by atoms with E-state index >= 15 is 0 Å². The lowest BCUT2D eigenvalue weighted by Crippen LogP contribution is -3.14. The molecule has 0 heterocycles. The Morgan fingerprint density at radius 1 is 0.903 bits per heavy atom.